The number of primary amides is 1. The molecular weight excluding hydrogens is 311 g/mol. The average molecular weight is 333 g/mol. The Morgan fingerprint density at radius 1 is 1.42 bits per heavy atom. The number of carbonyl (C=O) groups excluding carboxylic acids is 1. The van der Waals surface area contributed by atoms with Crippen LogP contribution in [0.3, 0.4) is 0 Å². The molecule has 7 nitrogen and oxygen atoms in total. The van der Waals surface area contributed by atoms with Gasteiger partial charge < -0.3 is 20.7 Å². The number of likely N-dealkylation sites (tertiary alicyclic amines) is 1. The fraction of sp³-hybridized carbons (Fsp3) is 0.500. The topological polar surface area (TPSA) is 113 Å². The van der Waals surface area contributed by atoms with Crippen LogP contribution in [-0.2, 0) is 11.2 Å². The number of nitrogens with zero attached hydrogens (tertiary/aromatic N) is 1. The Hall–Kier alpha value is -2.22. The summed E-state index contributed by atoms with van der Waals surface area (Å²) in [7, 11) is 1.96. The van der Waals surface area contributed by atoms with Gasteiger partial charge in [-0.25, -0.2) is 4.79 Å². The number of carbonyl (C=O) groups is 2. The van der Waals surface area contributed by atoms with Crippen molar-refractivity contribution in [3.8, 4) is 11.5 Å². The second-order valence-electron chi connectivity index (χ2n) is 5.91. The number of amides is 1. The fourth-order valence-corrected chi connectivity index (χ4v) is 2.65. The van der Waals surface area contributed by atoms with Gasteiger partial charge in [0, 0.05) is 26.1 Å². The van der Waals surface area contributed by atoms with Crippen LogP contribution in [0.4, 0.5) is 0 Å². The first-order chi connectivity index (χ1) is 11.4. The van der Waals surface area contributed by atoms with E-state index in [9.17, 15) is 19.8 Å². The van der Waals surface area contributed by atoms with E-state index in [1.165, 1.54) is 0 Å². The highest BCUT2D eigenvalue weighted by molar-refractivity contribution is 6.33. The van der Waals surface area contributed by atoms with Crippen LogP contribution in [0, 0.1) is 0 Å². The largest absolute Gasteiger partial charge is 0.507 e. The standard InChI is InChI=1S/C16H22BN2O5/c1-17-6-4-10-2-3-12(14(15(10)21)16(22)23)24-11-8-19(9-11)7-5-13(18)20/h2-3,11,21H,4-9H2,1H3,(H2,18,20)(H,22,23). The van der Waals surface area contributed by atoms with Crippen LogP contribution >= 0.6 is 0 Å². The van der Waals surface area contributed by atoms with Gasteiger partial charge in [0.25, 0.3) is 0 Å². The van der Waals surface area contributed by atoms with Gasteiger partial charge >= 0.3 is 5.97 Å². The molecule has 4 N–H and O–H groups in total. The van der Waals surface area contributed by atoms with Crippen molar-refractivity contribution in [3.05, 3.63) is 23.3 Å². The highest BCUT2D eigenvalue weighted by atomic mass is 16.5. The Morgan fingerprint density at radius 3 is 2.71 bits per heavy atom. The second kappa shape index (κ2) is 8.05. The molecule has 0 spiro atoms. The monoisotopic (exact) mass is 333 g/mol. The molecule has 1 radical (unpaired) electrons. The highest BCUT2D eigenvalue weighted by Gasteiger charge is 2.30. The number of aromatic hydroxyl groups is 1. The maximum atomic E-state index is 11.5. The third-order valence-electron chi connectivity index (χ3n) is 4.03. The lowest BCUT2D eigenvalue weighted by Gasteiger charge is -2.39. The Balaban J connectivity index is 2.02. The number of phenols is 1. The van der Waals surface area contributed by atoms with Crippen molar-refractivity contribution < 1.29 is 24.5 Å². The van der Waals surface area contributed by atoms with E-state index in [0.717, 1.165) is 6.32 Å². The van der Waals surface area contributed by atoms with Crippen LogP contribution in [0.15, 0.2) is 12.1 Å². The summed E-state index contributed by atoms with van der Waals surface area (Å²) in [6, 6.07) is 3.30. The summed E-state index contributed by atoms with van der Waals surface area (Å²) in [6.45, 7) is 3.67. The number of hydrogen-bond donors (Lipinski definition) is 3. The quantitative estimate of drug-likeness (QED) is 0.575. The molecule has 1 aliphatic rings. The molecule has 1 amide bonds. The lowest BCUT2D eigenvalue weighted by molar-refractivity contribution is -0.118. The first-order valence-electron chi connectivity index (χ1n) is 7.95. The molecule has 8 heteroatoms. The summed E-state index contributed by atoms with van der Waals surface area (Å²) in [6.07, 6.45) is 1.46. The molecular formula is C16H22BN2O5. The van der Waals surface area contributed by atoms with Crippen molar-refractivity contribution in [2.75, 3.05) is 19.6 Å². The van der Waals surface area contributed by atoms with Crippen molar-refractivity contribution in [1.82, 2.24) is 4.90 Å². The number of rotatable bonds is 9. The second-order valence-corrected chi connectivity index (χ2v) is 5.91. The van der Waals surface area contributed by atoms with E-state index in [1.54, 1.807) is 12.1 Å². The normalized spacial score (nSPS) is 14.9. The van der Waals surface area contributed by atoms with Crippen LogP contribution in [0.2, 0.25) is 13.1 Å². The number of aryl methyl sites for hydroxylation is 1. The highest BCUT2D eigenvalue weighted by Crippen LogP contribution is 2.33. The van der Waals surface area contributed by atoms with E-state index in [0.29, 0.717) is 31.6 Å². The minimum atomic E-state index is -1.21. The number of ether oxygens (including phenoxy) is 1. The minimum absolute atomic E-state index is 0.162. The maximum Gasteiger partial charge on any atom is 0.343 e. The number of carboxylic acid groups (broad SMARTS) is 1. The number of aromatic carboxylic acids is 1. The SMILES string of the molecule is C[B]CCc1ccc(OC2CN(CCC(N)=O)C2)c(C(=O)O)c1O. The average Bonchev–Trinajstić information content (AvgIpc) is 2.47. The zero-order valence-corrected chi connectivity index (χ0v) is 13.7. The molecule has 0 aromatic heterocycles. The molecule has 1 aliphatic heterocycles. The molecule has 1 fully saturated rings. The number of benzene rings is 1. The molecule has 2 rings (SSSR count). The number of nitrogens with two attached hydrogens (primary N) is 1. The van der Waals surface area contributed by atoms with Gasteiger partial charge in [-0.2, -0.15) is 0 Å². The lowest BCUT2D eigenvalue weighted by Crippen LogP contribution is -2.54. The van der Waals surface area contributed by atoms with E-state index in [1.807, 2.05) is 19.0 Å². The predicted molar refractivity (Wildman–Crippen MR) is 89.9 cm³/mol. The summed E-state index contributed by atoms with van der Waals surface area (Å²) in [4.78, 5) is 24.2. The molecule has 0 unspecified atom stereocenters. The van der Waals surface area contributed by atoms with Crippen LogP contribution in [0.25, 0.3) is 0 Å². The molecule has 24 heavy (non-hydrogen) atoms. The molecule has 129 valence electrons. The first kappa shape index (κ1) is 18.1. The van der Waals surface area contributed by atoms with Gasteiger partial charge in [-0.1, -0.05) is 19.2 Å². The minimum Gasteiger partial charge on any atom is -0.507 e. The van der Waals surface area contributed by atoms with Crippen LogP contribution < -0.4 is 10.5 Å². The maximum absolute atomic E-state index is 11.5. The smallest absolute Gasteiger partial charge is 0.343 e. The van der Waals surface area contributed by atoms with Crippen LogP contribution in [-0.4, -0.2) is 60.0 Å². The lowest BCUT2D eigenvalue weighted by atomic mass is 9.75. The molecule has 1 aromatic rings. The zero-order chi connectivity index (χ0) is 17.7. The summed E-state index contributed by atoms with van der Waals surface area (Å²) < 4.78 is 5.71. The van der Waals surface area contributed by atoms with Gasteiger partial charge in [-0.05, 0) is 18.1 Å². The van der Waals surface area contributed by atoms with E-state index < -0.39 is 5.97 Å². The molecule has 0 atom stereocenters. The number of hydrogen-bond acceptors (Lipinski definition) is 5. The van der Waals surface area contributed by atoms with E-state index in [2.05, 4.69) is 0 Å². The summed E-state index contributed by atoms with van der Waals surface area (Å²) in [5.74, 6) is -1.62. The van der Waals surface area contributed by atoms with Gasteiger partial charge in [-0.15, -0.1) is 0 Å². The van der Waals surface area contributed by atoms with E-state index in [-0.39, 0.29) is 35.5 Å². The molecule has 1 saturated heterocycles. The third kappa shape index (κ3) is 4.41. The number of carboxylic acids is 1. The Kier molecular flexibility index (Phi) is 6.08. The molecule has 1 aromatic carbocycles. The first-order valence-corrected chi connectivity index (χ1v) is 7.95. The summed E-state index contributed by atoms with van der Waals surface area (Å²) >= 11 is 0. The molecule has 0 saturated carbocycles. The van der Waals surface area contributed by atoms with Crippen molar-refractivity contribution in [2.24, 2.45) is 5.73 Å². The Morgan fingerprint density at radius 2 is 2.12 bits per heavy atom. The van der Waals surface area contributed by atoms with Gasteiger partial charge in [0.1, 0.15) is 30.4 Å². The van der Waals surface area contributed by atoms with Crippen molar-refractivity contribution >= 4 is 19.2 Å². The van der Waals surface area contributed by atoms with Crippen molar-refractivity contribution in [2.45, 2.75) is 32.1 Å². The summed E-state index contributed by atoms with van der Waals surface area (Å²) in [5, 5.41) is 19.6. The van der Waals surface area contributed by atoms with Gasteiger partial charge in [0.2, 0.25) is 5.91 Å². The van der Waals surface area contributed by atoms with Crippen LogP contribution in [0.1, 0.15) is 22.3 Å². The molecule has 0 bridgehead atoms. The van der Waals surface area contributed by atoms with Gasteiger partial charge in [-0.3, -0.25) is 9.69 Å². The zero-order valence-electron chi connectivity index (χ0n) is 13.7. The molecule has 0 aliphatic carbocycles. The Bertz CT molecular complexity index is 617. The fourth-order valence-electron chi connectivity index (χ4n) is 2.65. The van der Waals surface area contributed by atoms with Crippen molar-refractivity contribution in [3.63, 3.8) is 0 Å². The van der Waals surface area contributed by atoms with Crippen LogP contribution in [0.5, 0.6) is 11.5 Å². The van der Waals surface area contributed by atoms with Gasteiger partial charge in [0.15, 0.2) is 0 Å². The van der Waals surface area contributed by atoms with Crippen molar-refractivity contribution in [1.29, 1.82) is 0 Å². The third-order valence-corrected chi connectivity index (χ3v) is 4.03. The Labute approximate surface area is 141 Å². The summed E-state index contributed by atoms with van der Waals surface area (Å²) in [5.41, 5.74) is 5.50. The van der Waals surface area contributed by atoms with Gasteiger partial charge in [0.05, 0.1) is 0 Å². The predicted octanol–water partition coefficient (Wildman–Crippen LogP) is 0.742. The van der Waals surface area contributed by atoms with E-state index >= 15 is 0 Å². The molecule has 1 heterocycles. The van der Waals surface area contributed by atoms with E-state index in [4.69, 9.17) is 10.5 Å².